The maximum atomic E-state index is 12.7. The summed E-state index contributed by atoms with van der Waals surface area (Å²) in [5.74, 6) is -3.46. The first kappa shape index (κ1) is 26.0. The number of nitrogens with zero attached hydrogens (tertiary/aromatic N) is 2. The number of benzene rings is 1. The van der Waals surface area contributed by atoms with Crippen molar-refractivity contribution in [2.75, 3.05) is 24.3 Å². The number of sulfone groups is 1. The van der Waals surface area contributed by atoms with Crippen LogP contribution in [0.25, 0.3) is 11.5 Å². The second kappa shape index (κ2) is 10.8. The van der Waals surface area contributed by atoms with Gasteiger partial charge in [-0.25, -0.2) is 18.0 Å². The minimum atomic E-state index is -4.30. The van der Waals surface area contributed by atoms with Crippen LogP contribution in [-0.2, 0) is 24.1 Å². The molecule has 0 saturated carbocycles. The second-order valence-corrected chi connectivity index (χ2v) is 10.1. The lowest BCUT2D eigenvalue weighted by Gasteiger charge is -2.06. The van der Waals surface area contributed by atoms with Gasteiger partial charge < -0.3 is 19.2 Å². The highest BCUT2D eigenvalue weighted by Gasteiger charge is 2.30. The topological polar surface area (TPSA) is 155 Å². The van der Waals surface area contributed by atoms with Gasteiger partial charge in [-0.2, -0.15) is 0 Å². The summed E-state index contributed by atoms with van der Waals surface area (Å²) in [4.78, 5) is 37.4. The van der Waals surface area contributed by atoms with E-state index in [1.807, 2.05) is 13.0 Å². The van der Waals surface area contributed by atoms with Crippen molar-refractivity contribution in [3.05, 3.63) is 45.8 Å². The SMILES string of the molecule is CCOC(=O)c1sc(NC(=O)CS(=O)(=O)c2nnc(-c3cccc(C)c3)o2)c(C(=O)OCC)c1C. The zero-order valence-electron chi connectivity index (χ0n) is 19.4. The second-order valence-electron chi connectivity index (χ2n) is 7.25. The number of anilines is 1. The number of rotatable bonds is 9. The van der Waals surface area contributed by atoms with E-state index < -0.39 is 38.7 Å². The largest absolute Gasteiger partial charge is 0.462 e. The fourth-order valence-corrected chi connectivity index (χ4v) is 5.09. The molecule has 35 heavy (non-hydrogen) atoms. The van der Waals surface area contributed by atoms with Crippen LogP contribution < -0.4 is 5.32 Å². The molecule has 186 valence electrons. The fraction of sp³-hybridized carbons (Fsp3) is 0.318. The molecule has 0 bridgehead atoms. The Morgan fingerprint density at radius 2 is 1.74 bits per heavy atom. The maximum Gasteiger partial charge on any atom is 0.348 e. The van der Waals surface area contributed by atoms with Crippen molar-refractivity contribution in [1.82, 2.24) is 10.2 Å². The number of amides is 1. The van der Waals surface area contributed by atoms with Gasteiger partial charge in [-0.05, 0) is 45.4 Å². The number of carbonyl (C=O) groups excluding carboxylic acids is 3. The van der Waals surface area contributed by atoms with Crippen LogP contribution in [0.3, 0.4) is 0 Å². The maximum absolute atomic E-state index is 12.7. The predicted octanol–water partition coefficient (Wildman–Crippen LogP) is 3.18. The van der Waals surface area contributed by atoms with Gasteiger partial charge in [-0.1, -0.05) is 22.8 Å². The summed E-state index contributed by atoms with van der Waals surface area (Å²) in [5, 5.41) is 8.96. The van der Waals surface area contributed by atoms with Crippen LogP contribution in [0.15, 0.2) is 33.9 Å². The average Bonchev–Trinajstić information content (AvgIpc) is 3.39. The Morgan fingerprint density at radius 3 is 2.40 bits per heavy atom. The van der Waals surface area contributed by atoms with Crippen molar-refractivity contribution < 1.29 is 36.7 Å². The molecule has 0 aliphatic carbocycles. The molecular weight excluding hydrogens is 498 g/mol. The van der Waals surface area contributed by atoms with Crippen LogP contribution in [0.2, 0.25) is 0 Å². The third-order valence-electron chi connectivity index (χ3n) is 4.60. The Balaban J connectivity index is 1.84. The van der Waals surface area contributed by atoms with Crippen molar-refractivity contribution in [2.24, 2.45) is 0 Å². The highest BCUT2D eigenvalue weighted by molar-refractivity contribution is 7.91. The minimum Gasteiger partial charge on any atom is -0.462 e. The van der Waals surface area contributed by atoms with E-state index in [9.17, 15) is 22.8 Å². The van der Waals surface area contributed by atoms with E-state index in [0.717, 1.165) is 16.9 Å². The van der Waals surface area contributed by atoms with Gasteiger partial charge >= 0.3 is 17.2 Å². The summed E-state index contributed by atoms with van der Waals surface area (Å²) >= 11 is 0.788. The first-order valence-corrected chi connectivity index (χ1v) is 12.9. The third kappa shape index (κ3) is 5.92. The number of carbonyl (C=O) groups is 3. The fourth-order valence-electron chi connectivity index (χ4n) is 3.07. The molecule has 13 heteroatoms. The van der Waals surface area contributed by atoms with Gasteiger partial charge in [0.25, 0.3) is 0 Å². The first-order chi connectivity index (χ1) is 16.6. The van der Waals surface area contributed by atoms with Crippen LogP contribution in [-0.4, -0.2) is 55.4 Å². The molecule has 3 rings (SSSR count). The number of ether oxygens (including phenoxy) is 2. The van der Waals surface area contributed by atoms with Crippen LogP contribution in [0, 0.1) is 13.8 Å². The number of nitrogens with one attached hydrogen (secondary N) is 1. The van der Waals surface area contributed by atoms with E-state index in [4.69, 9.17) is 13.9 Å². The van der Waals surface area contributed by atoms with Crippen LogP contribution in [0.4, 0.5) is 5.00 Å². The number of esters is 2. The minimum absolute atomic E-state index is 0.00904. The lowest BCUT2D eigenvalue weighted by molar-refractivity contribution is -0.113. The highest BCUT2D eigenvalue weighted by Crippen LogP contribution is 2.34. The standard InChI is InChI=1S/C22H23N3O8S2/c1-5-31-20(27)16-13(4)17(21(28)32-6-2)34-19(16)23-15(26)11-35(29,30)22-25-24-18(33-22)14-9-7-8-12(3)10-14/h7-10H,5-6,11H2,1-4H3,(H,23,26). The lowest BCUT2D eigenvalue weighted by Crippen LogP contribution is -2.24. The van der Waals surface area contributed by atoms with Gasteiger partial charge in [0.2, 0.25) is 21.6 Å². The number of hydrogen-bond donors (Lipinski definition) is 1. The molecule has 0 aliphatic rings. The Kier molecular flexibility index (Phi) is 8.02. The number of thiophene rings is 1. The summed E-state index contributed by atoms with van der Waals surface area (Å²) < 4.78 is 40.7. The molecule has 0 saturated heterocycles. The van der Waals surface area contributed by atoms with Crippen molar-refractivity contribution in [2.45, 2.75) is 32.9 Å². The molecule has 3 aromatic rings. The summed E-state index contributed by atoms with van der Waals surface area (Å²) in [5.41, 5.74) is 1.65. The molecule has 0 unspecified atom stereocenters. The van der Waals surface area contributed by atoms with Gasteiger partial charge in [0, 0.05) is 5.56 Å². The quantitative estimate of drug-likeness (QED) is 0.415. The lowest BCUT2D eigenvalue weighted by atomic mass is 10.1. The summed E-state index contributed by atoms with van der Waals surface area (Å²) in [6.07, 6.45) is 0. The highest BCUT2D eigenvalue weighted by atomic mass is 32.2. The van der Waals surface area contributed by atoms with Gasteiger partial charge in [0.15, 0.2) is 0 Å². The van der Waals surface area contributed by atoms with Crippen molar-refractivity contribution in [3.8, 4) is 11.5 Å². The van der Waals surface area contributed by atoms with Crippen molar-refractivity contribution >= 4 is 44.0 Å². The van der Waals surface area contributed by atoms with E-state index in [1.165, 1.54) is 6.92 Å². The molecule has 0 atom stereocenters. The first-order valence-electron chi connectivity index (χ1n) is 10.5. The average molecular weight is 522 g/mol. The Hall–Kier alpha value is -3.58. The van der Waals surface area contributed by atoms with Crippen LogP contribution in [0.5, 0.6) is 0 Å². The van der Waals surface area contributed by atoms with Crippen molar-refractivity contribution in [3.63, 3.8) is 0 Å². The molecule has 0 aliphatic heterocycles. The number of hydrogen-bond acceptors (Lipinski definition) is 11. The summed E-state index contributed by atoms with van der Waals surface area (Å²) in [7, 11) is -4.30. The number of aromatic nitrogens is 2. The molecule has 1 amide bonds. The van der Waals surface area contributed by atoms with E-state index in [-0.39, 0.29) is 40.1 Å². The molecule has 2 aromatic heterocycles. The summed E-state index contributed by atoms with van der Waals surface area (Å²) in [6, 6.07) is 7.03. The van der Waals surface area contributed by atoms with E-state index in [2.05, 4.69) is 15.5 Å². The Labute approximate surface area is 205 Å². The molecule has 0 fully saturated rings. The van der Waals surface area contributed by atoms with Crippen LogP contribution >= 0.6 is 11.3 Å². The zero-order chi connectivity index (χ0) is 25.8. The van der Waals surface area contributed by atoms with Gasteiger partial charge in [0.05, 0.1) is 18.8 Å². The zero-order valence-corrected chi connectivity index (χ0v) is 21.0. The van der Waals surface area contributed by atoms with Gasteiger partial charge in [-0.15, -0.1) is 16.4 Å². The smallest absolute Gasteiger partial charge is 0.348 e. The molecule has 0 spiro atoms. The van der Waals surface area contributed by atoms with E-state index in [0.29, 0.717) is 5.56 Å². The van der Waals surface area contributed by atoms with E-state index >= 15 is 0 Å². The summed E-state index contributed by atoms with van der Waals surface area (Å²) in [6.45, 7) is 6.76. The van der Waals surface area contributed by atoms with Crippen molar-refractivity contribution in [1.29, 1.82) is 0 Å². The van der Waals surface area contributed by atoms with Gasteiger partial charge in [-0.3, -0.25) is 4.79 Å². The molecule has 0 radical (unpaired) electrons. The monoisotopic (exact) mass is 521 g/mol. The molecular formula is C22H23N3O8S2. The number of aryl methyl sites for hydroxylation is 1. The molecule has 1 N–H and O–H groups in total. The Morgan fingerprint density at radius 1 is 1.06 bits per heavy atom. The predicted molar refractivity (Wildman–Crippen MR) is 126 cm³/mol. The van der Waals surface area contributed by atoms with Crippen LogP contribution in [0.1, 0.15) is 45.0 Å². The Bertz CT molecular complexity index is 1370. The third-order valence-corrected chi connectivity index (χ3v) is 7.13. The van der Waals surface area contributed by atoms with Gasteiger partial charge in [0.1, 0.15) is 15.6 Å². The normalized spacial score (nSPS) is 11.2. The molecule has 11 nitrogen and oxygen atoms in total. The molecule has 2 heterocycles. The van der Waals surface area contributed by atoms with E-state index in [1.54, 1.807) is 32.0 Å². The molecule has 1 aromatic carbocycles.